The van der Waals surface area contributed by atoms with E-state index in [0.29, 0.717) is 0 Å². The number of hydrogen-bond donors (Lipinski definition) is 0. The predicted octanol–water partition coefficient (Wildman–Crippen LogP) is 0.869. The quantitative estimate of drug-likeness (QED) is 0.337. The van der Waals surface area contributed by atoms with Gasteiger partial charge in [0.15, 0.2) is 0 Å². The highest BCUT2D eigenvalue weighted by Gasteiger charge is 1.43. The summed E-state index contributed by atoms with van der Waals surface area (Å²) >= 11 is 4.88. The Morgan fingerprint density at radius 3 is 2.40 bits per heavy atom. The summed E-state index contributed by atoms with van der Waals surface area (Å²) < 4.78 is 0. The molecule has 0 aromatic heterocycles. The fourth-order valence-corrected chi connectivity index (χ4v) is 0.0926. The SMILES string of the molecule is C=N/N=C/Cl. The van der Waals surface area contributed by atoms with E-state index in [1.165, 1.54) is 0 Å². The topological polar surface area (TPSA) is 24.7 Å². The predicted molar refractivity (Wildman–Crippen MR) is 23.9 cm³/mol. The highest BCUT2D eigenvalue weighted by atomic mass is 35.5. The van der Waals surface area contributed by atoms with Crippen molar-refractivity contribution in [2.45, 2.75) is 0 Å². The van der Waals surface area contributed by atoms with Crippen LogP contribution in [0.2, 0.25) is 0 Å². The molecule has 0 aromatic carbocycles. The first-order chi connectivity index (χ1) is 2.41. The summed E-state index contributed by atoms with van der Waals surface area (Å²) in [6.07, 6.45) is 0. The molecule has 0 atom stereocenters. The zero-order valence-corrected chi connectivity index (χ0v) is 3.31. The molecule has 5 heavy (non-hydrogen) atoms. The second kappa shape index (κ2) is 3.63. The van der Waals surface area contributed by atoms with Gasteiger partial charge in [-0.3, -0.25) is 0 Å². The largest absolute Gasteiger partial charge is 0.166 e. The highest BCUT2D eigenvalue weighted by Crippen LogP contribution is 1.63. The van der Waals surface area contributed by atoms with Gasteiger partial charge in [0.05, 0.1) is 0 Å². The molecule has 3 heteroatoms. The molecule has 0 saturated carbocycles. The summed E-state index contributed by atoms with van der Waals surface area (Å²) in [6, 6.07) is 0. The van der Waals surface area contributed by atoms with Crippen molar-refractivity contribution < 1.29 is 0 Å². The van der Waals surface area contributed by atoms with E-state index in [0.717, 1.165) is 5.67 Å². The van der Waals surface area contributed by atoms with Gasteiger partial charge in [-0.15, -0.1) is 5.10 Å². The second-order valence-electron chi connectivity index (χ2n) is 0.354. The van der Waals surface area contributed by atoms with Crippen LogP contribution in [-0.4, -0.2) is 12.4 Å². The molecule has 0 aliphatic rings. The van der Waals surface area contributed by atoms with Crippen LogP contribution in [0.3, 0.4) is 0 Å². The first-order valence-electron chi connectivity index (χ1n) is 0.993. The molecule has 0 fully saturated rings. The molecule has 2 nitrogen and oxygen atoms in total. The van der Waals surface area contributed by atoms with Crippen molar-refractivity contribution in [2.75, 3.05) is 0 Å². The molecule has 0 unspecified atom stereocenters. The third-order valence-corrected chi connectivity index (χ3v) is 0.213. The lowest BCUT2D eigenvalue weighted by Crippen LogP contribution is -1.42. The average Bonchev–Trinajstić information content (AvgIpc) is 1.41. The van der Waals surface area contributed by atoms with Gasteiger partial charge in [-0.1, -0.05) is 11.6 Å². The summed E-state index contributed by atoms with van der Waals surface area (Å²) in [5, 5.41) is 6.17. The molecule has 0 saturated heterocycles. The maximum absolute atomic E-state index is 4.88. The molecule has 0 radical (unpaired) electrons. The first-order valence-corrected chi connectivity index (χ1v) is 1.43. The summed E-state index contributed by atoms with van der Waals surface area (Å²) in [6.45, 7) is 3.02. The fraction of sp³-hybridized carbons (Fsp3) is 0. The molecular weight excluding hydrogens is 87.5 g/mol. The number of nitrogens with zero attached hydrogens (tertiary/aromatic N) is 2. The van der Waals surface area contributed by atoms with Crippen molar-refractivity contribution in [1.82, 2.24) is 0 Å². The molecule has 0 aromatic rings. The fourth-order valence-electron chi connectivity index (χ4n) is 0.0309. The van der Waals surface area contributed by atoms with Crippen molar-refractivity contribution in [3.63, 3.8) is 0 Å². The maximum Gasteiger partial charge on any atom is 0.115 e. The molecule has 28 valence electrons. The monoisotopic (exact) mass is 90.0 g/mol. The first kappa shape index (κ1) is 4.63. The van der Waals surface area contributed by atoms with E-state index in [1.54, 1.807) is 0 Å². The lowest BCUT2D eigenvalue weighted by atomic mass is 11.6. The van der Waals surface area contributed by atoms with Crippen molar-refractivity contribution in [1.29, 1.82) is 0 Å². The molecule has 0 heterocycles. The van der Waals surface area contributed by atoms with Crippen molar-refractivity contribution in [3.8, 4) is 0 Å². The zero-order chi connectivity index (χ0) is 4.12. The van der Waals surface area contributed by atoms with Crippen LogP contribution in [0.15, 0.2) is 10.2 Å². The van der Waals surface area contributed by atoms with Gasteiger partial charge in [-0.25, -0.2) is 0 Å². The van der Waals surface area contributed by atoms with Crippen molar-refractivity contribution in [2.24, 2.45) is 10.2 Å². The maximum atomic E-state index is 4.88. The molecular formula is C2H3ClN2. The Bertz CT molecular complexity index is 49.6. The molecule has 0 amide bonds. The van der Waals surface area contributed by atoms with Gasteiger partial charge in [0, 0.05) is 6.72 Å². The molecule has 0 bridgehead atoms. The van der Waals surface area contributed by atoms with E-state index < -0.39 is 0 Å². The van der Waals surface area contributed by atoms with Crippen LogP contribution in [0.25, 0.3) is 0 Å². The Kier molecular flexibility index (Phi) is 3.36. The lowest BCUT2D eigenvalue weighted by molar-refractivity contribution is 1.29. The number of halogens is 1. The van der Waals surface area contributed by atoms with Crippen LogP contribution in [0.4, 0.5) is 0 Å². The van der Waals surface area contributed by atoms with Crippen molar-refractivity contribution in [3.05, 3.63) is 0 Å². The molecule has 0 aliphatic carbocycles. The Hall–Kier alpha value is -0.370. The van der Waals surface area contributed by atoms with Gasteiger partial charge in [-0.2, -0.15) is 5.10 Å². The molecule has 0 N–H and O–H groups in total. The smallest absolute Gasteiger partial charge is 0.115 e. The minimum atomic E-state index is 1.05. The van der Waals surface area contributed by atoms with E-state index in [2.05, 4.69) is 16.9 Å². The van der Waals surface area contributed by atoms with E-state index in [9.17, 15) is 0 Å². The lowest BCUT2D eigenvalue weighted by Gasteiger charge is -1.56. The van der Waals surface area contributed by atoms with E-state index >= 15 is 0 Å². The normalized spacial score (nSPS) is 9.00. The minimum absolute atomic E-state index is 1.05. The van der Waals surface area contributed by atoms with Crippen LogP contribution in [-0.2, 0) is 0 Å². The molecule has 0 rings (SSSR count). The van der Waals surface area contributed by atoms with Gasteiger partial charge in [0.1, 0.15) is 5.67 Å². The molecule has 0 aliphatic heterocycles. The van der Waals surface area contributed by atoms with Crippen LogP contribution in [0, 0.1) is 0 Å². The van der Waals surface area contributed by atoms with Gasteiger partial charge in [0.25, 0.3) is 0 Å². The highest BCUT2D eigenvalue weighted by molar-refractivity contribution is 6.56. The van der Waals surface area contributed by atoms with Crippen LogP contribution in [0.1, 0.15) is 0 Å². The standard InChI is InChI=1S/C2H3ClN2/c1-4-5-2-3/h2H,1H2/b5-2+. The Labute approximate surface area is 35.2 Å². The van der Waals surface area contributed by atoms with Gasteiger partial charge in [0.2, 0.25) is 0 Å². The van der Waals surface area contributed by atoms with Gasteiger partial charge in [-0.05, 0) is 0 Å². The van der Waals surface area contributed by atoms with E-state index in [4.69, 9.17) is 11.6 Å². The Morgan fingerprint density at radius 2 is 2.40 bits per heavy atom. The third kappa shape index (κ3) is 3.63. The van der Waals surface area contributed by atoms with E-state index in [1.807, 2.05) is 0 Å². The Morgan fingerprint density at radius 1 is 1.80 bits per heavy atom. The number of rotatable bonds is 1. The summed E-state index contributed by atoms with van der Waals surface area (Å²) in [5.41, 5.74) is 1.05. The number of hydrogen-bond acceptors (Lipinski definition) is 2. The van der Waals surface area contributed by atoms with Crippen LogP contribution >= 0.6 is 11.6 Å². The summed E-state index contributed by atoms with van der Waals surface area (Å²) in [4.78, 5) is 0. The van der Waals surface area contributed by atoms with Crippen LogP contribution < -0.4 is 0 Å². The van der Waals surface area contributed by atoms with E-state index in [-0.39, 0.29) is 0 Å². The van der Waals surface area contributed by atoms with Gasteiger partial charge >= 0.3 is 0 Å². The minimum Gasteiger partial charge on any atom is -0.166 e. The van der Waals surface area contributed by atoms with Crippen molar-refractivity contribution >= 4 is 24.0 Å². The van der Waals surface area contributed by atoms with Gasteiger partial charge < -0.3 is 0 Å². The van der Waals surface area contributed by atoms with Crippen LogP contribution in [0.5, 0.6) is 0 Å². The second-order valence-corrected chi connectivity index (χ2v) is 0.550. The molecule has 0 spiro atoms. The zero-order valence-electron chi connectivity index (χ0n) is 2.56. The summed E-state index contributed by atoms with van der Waals surface area (Å²) in [7, 11) is 0. The Balaban J connectivity index is 2.92. The third-order valence-electron chi connectivity index (χ3n) is 0.125. The summed E-state index contributed by atoms with van der Waals surface area (Å²) in [5.74, 6) is 0. The average molecular weight is 90.5 g/mol.